The van der Waals surface area contributed by atoms with E-state index in [1.807, 2.05) is 25.7 Å². The van der Waals surface area contributed by atoms with Crippen LogP contribution in [0.4, 0.5) is 0 Å². The minimum Gasteiger partial charge on any atom is -0.369 e. The molecular formula is C12H23ClN2O2. The Balaban J connectivity index is 0.00000144. The summed E-state index contributed by atoms with van der Waals surface area (Å²) in [5, 5.41) is 0. The van der Waals surface area contributed by atoms with E-state index in [0.717, 1.165) is 19.3 Å². The summed E-state index contributed by atoms with van der Waals surface area (Å²) in [6.07, 6.45) is 2.83. The molecule has 1 atom stereocenters. The van der Waals surface area contributed by atoms with Crippen LogP contribution in [0.5, 0.6) is 0 Å². The SMILES string of the molecule is CC1CN(C(=O)C2(N)CCC2)CC(C)(C)O1.Cl. The minimum atomic E-state index is -0.576. The number of carbonyl (C=O) groups excluding carboxylic acids is 1. The molecule has 4 nitrogen and oxygen atoms in total. The number of rotatable bonds is 1. The smallest absolute Gasteiger partial charge is 0.242 e. The first-order chi connectivity index (χ1) is 7.32. The van der Waals surface area contributed by atoms with Gasteiger partial charge in [-0.15, -0.1) is 12.4 Å². The zero-order chi connectivity index (χ0) is 12.0. The minimum absolute atomic E-state index is 0. The largest absolute Gasteiger partial charge is 0.369 e. The van der Waals surface area contributed by atoms with Crippen molar-refractivity contribution in [1.82, 2.24) is 4.90 Å². The summed E-state index contributed by atoms with van der Waals surface area (Å²) in [5.41, 5.74) is 5.25. The fourth-order valence-corrected chi connectivity index (χ4v) is 2.69. The van der Waals surface area contributed by atoms with Crippen LogP contribution in [0, 0.1) is 0 Å². The fourth-order valence-electron chi connectivity index (χ4n) is 2.69. The molecule has 1 amide bonds. The van der Waals surface area contributed by atoms with Crippen LogP contribution in [0.25, 0.3) is 0 Å². The summed E-state index contributed by atoms with van der Waals surface area (Å²) in [6, 6.07) is 0. The van der Waals surface area contributed by atoms with Crippen LogP contribution in [0.1, 0.15) is 40.0 Å². The van der Waals surface area contributed by atoms with Gasteiger partial charge in [0.25, 0.3) is 0 Å². The van der Waals surface area contributed by atoms with Crippen molar-refractivity contribution in [3.8, 4) is 0 Å². The van der Waals surface area contributed by atoms with E-state index in [0.29, 0.717) is 13.1 Å². The van der Waals surface area contributed by atoms with Crippen LogP contribution < -0.4 is 5.73 Å². The van der Waals surface area contributed by atoms with Gasteiger partial charge in [0.05, 0.1) is 17.2 Å². The number of nitrogens with two attached hydrogens (primary N) is 1. The highest BCUT2D eigenvalue weighted by Crippen LogP contribution is 2.32. The van der Waals surface area contributed by atoms with Crippen molar-refractivity contribution < 1.29 is 9.53 Å². The zero-order valence-corrected chi connectivity index (χ0v) is 11.7. The number of ether oxygens (including phenoxy) is 1. The van der Waals surface area contributed by atoms with E-state index in [-0.39, 0.29) is 30.0 Å². The first kappa shape index (κ1) is 14.7. The van der Waals surface area contributed by atoms with Crippen molar-refractivity contribution in [2.45, 2.75) is 57.3 Å². The van der Waals surface area contributed by atoms with Crippen molar-refractivity contribution >= 4 is 18.3 Å². The molecule has 100 valence electrons. The van der Waals surface area contributed by atoms with Gasteiger partial charge in [-0.05, 0) is 40.0 Å². The van der Waals surface area contributed by atoms with Gasteiger partial charge in [0.1, 0.15) is 0 Å². The number of amides is 1. The molecule has 0 aromatic carbocycles. The van der Waals surface area contributed by atoms with Gasteiger partial charge < -0.3 is 15.4 Å². The van der Waals surface area contributed by atoms with E-state index in [2.05, 4.69) is 0 Å². The summed E-state index contributed by atoms with van der Waals surface area (Å²) in [4.78, 5) is 14.2. The Hall–Kier alpha value is -0.320. The molecule has 1 heterocycles. The highest BCUT2D eigenvalue weighted by atomic mass is 35.5. The molecule has 2 aliphatic rings. The second-order valence-corrected chi connectivity index (χ2v) is 5.88. The molecule has 0 spiro atoms. The number of hydrogen-bond acceptors (Lipinski definition) is 3. The Kier molecular flexibility index (Phi) is 4.12. The van der Waals surface area contributed by atoms with Crippen LogP contribution in [0.3, 0.4) is 0 Å². The van der Waals surface area contributed by atoms with Gasteiger partial charge in [0, 0.05) is 13.1 Å². The third kappa shape index (κ3) is 2.92. The lowest BCUT2D eigenvalue weighted by Crippen LogP contribution is -2.64. The van der Waals surface area contributed by atoms with Crippen molar-refractivity contribution in [1.29, 1.82) is 0 Å². The van der Waals surface area contributed by atoms with E-state index >= 15 is 0 Å². The molecule has 1 aliphatic heterocycles. The summed E-state index contributed by atoms with van der Waals surface area (Å²) in [5.74, 6) is 0.113. The monoisotopic (exact) mass is 262 g/mol. The van der Waals surface area contributed by atoms with Gasteiger partial charge in [-0.1, -0.05) is 0 Å². The second-order valence-electron chi connectivity index (χ2n) is 5.88. The van der Waals surface area contributed by atoms with E-state index in [9.17, 15) is 4.79 Å². The lowest BCUT2D eigenvalue weighted by molar-refractivity contribution is -0.165. The molecule has 5 heteroatoms. The van der Waals surface area contributed by atoms with Gasteiger partial charge in [-0.3, -0.25) is 4.79 Å². The average molecular weight is 263 g/mol. The molecule has 1 saturated carbocycles. The summed E-state index contributed by atoms with van der Waals surface area (Å²) in [7, 11) is 0. The van der Waals surface area contributed by atoms with E-state index < -0.39 is 5.54 Å². The lowest BCUT2D eigenvalue weighted by Gasteiger charge is -2.47. The quantitative estimate of drug-likeness (QED) is 0.775. The molecule has 2 rings (SSSR count). The lowest BCUT2D eigenvalue weighted by atomic mass is 9.76. The van der Waals surface area contributed by atoms with Crippen molar-refractivity contribution in [2.24, 2.45) is 5.73 Å². The number of carbonyl (C=O) groups is 1. The third-order valence-corrected chi connectivity index (χ3v) is 3.53. The zero-order valence-electron chi connectivity index (χ0n) is 10.9. The van der Waals surface area contributed by atoms with Crippen molar-refractivity contribution in [3.63, 3.8) is 0 Å². The maximum Gasteiger partial charge on any atom is 0.242 e. The first-order valence-corrected chi connectivity index (χ1v) is 6.08. The van der Waals surface area contributed by atoms with Gasteiger partial charge in [-0.2, -0.15) is 0 Å². The maximum absolute atomic E-state index is 12.3. The molecule has 0 aromatic heterocycles. The molecule has 0 bridgehead atoms. The molecule has 1 aliphatic carbocycles. The summed E-state index contributed by atoms with van der Waals surface area (Å²) >= 11 is 0. The predicted molar refractivity (Wildman–Crippen MR) is 69.2 cm³/mol. The summed E-state index contributed by atoms with van der Waals surface area (Å²) in [6.45, 7) is 7.36. The molecule has 2 fully saturated rings. The van der Waals surface area contributed by atoms with Gasteiger partial charge in [0.2, 0.25) is 5.91 Å². The van der Waals surface area contributed by atoms with E-state index in [1.165, 1.54) is 0 Å². The maximum atomic E-state index is 12.3. The summed E-state index contributed by atoms with van der Waals surface area (Å²) < 4.78 is 5.78. The van der Waals surface area contributed by atoms with Crippen LogP contribution in [0.2, 0.25) is 0 Å². The average Bonchev–Trinajstić information content (AvgIpc) is 2.09. The van der Waals surface area contributed by atoms with Crippen LogP contribution in [-0.4, -0.2) is 41.1 Å². The number of halogens is 1. The molecule has 17 heavy (non-hydrogen) atoms. The second kappa shape index (κ2) is 4.75. The van der Waals surface area contributed by atoms with Crippen LogP contribution >= 0.6 is 12.4 Å². The normalized spacial score (nSPS) is 30.1. The van der Waals surface area contributed by atoms with Gasteiger partial charge >= 0.3 is 0 Å². The molecule has 0 aromatic rings. The molecule has 1 saturated heterocycles. The molecule has 1 unspecified atom stereocenters. The van der Waals surface area contributed by atoms with E-state index in [4.69, 9.17) is 10.5 Å². The van der Waals surface area contributed by atoms with E-state index in [1.54, 1.807) is 0 Å². The first-order valence-electron chi connectivity index (χ1n) is 6.08. The van der Waals surface area contributed by atoms with Crippen LogP contribution in [-0.2, 0) is 9.53 Å². The Morgan fingerprint density at radius 1 is 1.41 bits per heavy atom. The molecular weight excluding hydrogens is 240 g/mol. The number of hydrogen-bond donors (Lipinski definition) is 1. The standard InChI is InChI=1S/C12H22N2O2.ClH/c1-9-7-14(8-11(2,3)16-9)10(15)12(13)5-4-6-12;/h9H,4-8,13H2,1-3H3;1H. The Morgan fingerprint density at radius 3 is 2.41 bits per heavy atom. The van der Waals surface area contributed by atoms with Gasteiger partial charge in [0.15, 0.2) is 0 Å². The Labute approximate surface area is 109 Å². The van der Waals surface area contributed by atoms with Crippen molar-refractivity contribution in [2.75, 3.05) is 13.1 Å². The number of nitrogens with zero attached hydrogens (tertiary/aromatic N) is 1. The molecule has 2 N–H and O–H groups in total. The molecule has 0 radical (unpaired) electrons. The van der Waals surface area contributed by atoms with Crippen LogP contribution in [0.15, 0.2) is 0 Å². The number of morpholine rings is 1. The highest BCUT2D eigenvalue weighted by molar-refractivity contribution is 5.87. The highest BCUT2D eigenvalue weighted by Gasteiger charge is 2.45. The van der Waals surface area contributed by atoms with Gasteiger partial charge in [-0.25, -0.2) is 0 Å². The van der Waals surface area contributed by atoms with Crippen molar-refractivity contribution in [3.05, 3.63) is 0 Å². The Morgan fingerprint density at radius 2 is 2.00 bits per heavy atom. The third-order valence-electron chi connectivity index (χ3n) is 3.53. The Bertz CT molecular complexity index is 303. The predicted octanol–water partition coefficient (Wildman–Crippen LogP) is 1.32. The topological polar surface area (TPSA) is 55.6 Å². The fraction of sp³-hybridized carbons (Fsp3) is 0.917.